The highest BCUT2D eigenvalue weighted by atomic mass is 79.9. The van der Waals surface area contributed by atoms with Gasteiger partial charge in [0.05, 0.1) is 11.6 Å². The number of carbonyl (C=O) groups excluding carboxylic acids is 1. The summed E-state index contributed by atoms with van der Waals surface area (Å²) in [6.07, 6.45) is 0. The summed E-state index contributed by atoms with van der Waals surface area (Å²) in [5.74, 6) is -0.303. The molecule has 1 unspecified atom stereocenters. The number of methoxy groups -OCH3 is 1. The number of primary amides is 1. The Bertz CT molecular complexity index is 664. The van der Waals surface area contributed by atoms with E-state index in [-0.39, 0.29) is 5.82 Å². The maximum atomic E-state index is 13.2. The van der Waals surface area contributed by atoms with E-state index in [1.165, 1.54) is 12.1 Å². The van der Waals surface area contributed by atoms with Gasteiger partial charge in [-0.25, -0.2) is 4.39 Å². The Morgan fingerprint density at radius 3 is 2.67 bits per heavy atom. The fraction of sp³-hybridized carbons (Fsp3) is 0.133. The van der Waals surface area contributed by atoms with Gasteiger partial charge in [-0.1, -0.05) is 12.1 Å². The maximum absolute atomic E-state index is 13.2. The quantitative estimate of drug-likeness (QED) is 0.868. The SMILES string of the molecule is COc1ccc(C(Nc2cccc(F)c2)C(N)=O)cc1Br. The van der Waals surface area contributed by atoms with Crippen LogP contribution in [0.25, 0.3) is 0 Å². The molecular weight excluding hydrogens is 339 g/mol. The first kappa shape index (κ1) is 15.3. The average molecular weight is 353 g/mol. The summed E-state index contributed by atoms with van der Waals surface area (Å²) in [4.78, 5) is 11.7. The fourth-order valence-electron chi connectivity index (χ4n) is 1.93. The van der Waals surface area contributed by atoms with Gasteiger partial charge in [-0.3, -0.25) is 4.79 Å². The van der Waals surface area contributed by atoms with Gasteiger partial charge in [0.15, 0.2) is 0 Å². The normalized spacial score (nSPS) is 11.8. The first-order valence-corrected chi connectivity index (χ1v) is 6.95. The zero-order chi connectivity index (χ0) is 15.4. The lowest BCUT2D eigenvalue weighted by Gasteiger charge is -2.18. The second-order valence-electron chi connectivity index (χ2n) is 4.38. The standard InChI is InChI=1S/C15H14BrFN2O2/c1-21-13-6-5-9(7-12(13)16)14(15(18)20)19-11-4-2-3-10(17)8-11/h2-8,14,19H,1H3,(H2,18,20). The lowest BCUT2D eigenvalue weighted by molar-refractivity contribution is -0.118. The molecule has 21 heavy (non-hydrogen) atoms. The molecule has 0 saturated carbocycles. The van der Waals surface area contributed by atoms with E-state index in [9.17, 15) is 9.18 Å². The monoisotopic (exact) mass is 352 g/mol. The van der Waals surface area contributed by atoms with Crippen LogP contribution < -0.4 is 15.8 Å². The molecule has 0 heterocycles. The summed E-state index contributed by atoms with van der Waals surface area (Å²) in [6.45, 7) is 0. The Labute approximate surface area is 130 Å². The lowest BCUT2D eigenvalue weighted by Crippen LogP contribution is -2.27. The number of hydrogen-bond acceptors (Lipinski definition) is 3. The number of amides is 1. The van der Waals surface area contributed by atoms with Crippen LogP contribution in [-0.2, 0) is 4.79 Å². The number of rotatable bonds is 5. The van der Waals surface area contributed by atoms with Gasteiger partial charge < -0.3 is 15.8 Å². The third-order valence-corrected chi connectivity index (χ3v) is 3.55. The zero-order valence-corrected chi connectivity index (χ0v) is 12.9. The van der Waals surface area contributed by atoms with Crippen molar-refractivity contribution in [1.82, 2.24) is 0 Å². The molecule has 4 nitrogen and oxygen atoms in total. The molecule has 0 aromatic heterocycles. The highest BCUT2D eigenvalue weighted by Crippen LogP contribution is 2.29. The van der Waals surface area contributed by atoms with Crippen molar-refractivity contribution in [3.8, 4) is 5.75 Å². The summed E-state index contributed by atoms with van der Waals surface area (Å²) in [5, 5.41) is 2.92. The summed E-state index contributed by atoms with van der Waals surface area (Å²) in [5.41, 5.74) is 6.56. The van der Waals surface area contributed by atoms with E-state index in [1.807, 2.05) is 0 Å². The Morgan fingerprint density at radius 2 is 2.10 bits per heavy atom. The number of halogens is 2. The predicted octanol–water partition coefficient (Wildman–Crippen LogP) is 3.24. The van der Waals surface area contributed by atoms with Crippen molar-refractivity contribution in [2.75, 3.05) is 12.4 Å². The Morgan fingerprint density at radius 1 is 1.33 bits per heavy atom. The molecular formula is C15H14BrFN2O2. The Kier molecular flexibility index (Phi) is 4.80. The maximum Gasteiger partial charge on any atom is 0.244 e. The number of nitrogens with one attached hydrogen (secondary N) is 1. The van der Waals surface area contributed by atoms with E-state index in [0.717, 1.165) is 0 Å². The summed E-state index contributed by atoms with van der Waals surface area (Å²) in [7, 11) is 1.55. The van der Waals surface area contributed by atoms with Crippen LogP contribution in [0.3, 0.4) is 0 Å². The van der Waals surface area contributed by atoms with Crippen molar-refractivity contribution in [2.24, 2.45) is 5.73 Å². The second kappa shape index (κ2) is 6.58. The number of anilines is 1. The molecule has 0 spiro atoms. The Balaban J connectivity index is 2.31. The van der Waals surface area contributed by atoms with Crippen LogP contribution in [0.2, 0.25) is 0 Å². The van der Waals surface area contributed by atoms with Gasteiger partial charge in [0.2, 0.25) is 5.91 Å². The number of nitrogens with two attached hydrogens (primary N) is 1. The van der Waals surface area contributed by atoms with Crippen LogP contribution in [0.15, 0.2) is 46.9 Å². The minimum absolute atomic E-state index is 0.390. The Hall–Kier alpha value is -2.08. The summed E-state index contributed by atoms with van der Waals surface area (Å²) < 4.78 is 19.0. The van der Waals surface area contributed by atoms with E-state index in [1.54, 1.807) is 37.4 Å². The molecule has 3 N–H and O–H groups in total. The minimum Gasteiger partial charge on any atom is -0.496 e. The van der Waals surface area contributed by atoms with E-state index >= 15 is 0 Å². The van der Waals surface area contributed by atoms with E-state index in [0.29, 0.717) is 21.5 Å². The molecule has 6 heteroatoms. The average Bonchev–Trinajstić information content (AvgIpc) is 2.44. The summed E-state index contributed by atoms with van der Waals surface area (Å²) >= 11 is 3.36. The molecule has 1 amide bonds. The van der Waals surface area contributed by atoms with Crippen LogP contribution in [0.5, 0.6) is 5.75 Å². The van der Waals surface area contributed by atoms with Crippen molar-refractivity contribution in [2.45, 2.75) is 6.04 Å². The van der Waals surface area contributed by atoms with Crippen molar-refractivity contribution in [3.63, 3.8) is 0 Å². The van der Waals surface area contributed by atoms with Crippen LogP contribution in [0.4, 0.5) is 10.1 Å². The minimum atomic E-state index is -0.769. The molecule has 0 aliphatic heterocycles. The lowest BCUT2D eigenvalue weighted by atomic mass is 10.1. The third kappa shape index (κ3) is 3.72. The molecule has 0 aliphatic rings. The van der Waals surface area contributed by atoms with Crippen molar-refractivity contribution in [1.29, 1.82) is 0 Å². The molecule has 1 atom stereocenters. The largest absolute Gasteiger partial charge is 0.496 e. The first-order chi connectivity index (χ1) is 10.0. The van der Waals surface area contributed by atoms with Gasteiger partial charge >= 0.3 is 0 Å². The zero-order valence-electron chi connectivity index (χ0n) is 11.3. The van der Waals surface area contributed by atoms with Gasteiger partial charge in [-0.15, -0.1) is 0 Å². The van der Waals surface area contributed by atoms with Crippen molar-refractivity contribution < 1.29 is 13.9 Å². The van der Waals surface area contributed by atoms with Crippen LogP contribution in [0.1, 0.15) is 11.6 Å². The van der Waals surface area contributed by atoms with Gasteiger partial charge in [0.1, 0.15) is 17.6 Å². The predicted molar refractivity (Wildman–Crippen MR) is 82.7 cm³/mol. The smallest absolute Gasteiger partial charge is 0.244 e. The number of ether oxygens (including phenoxy) is 1. The molecule has 0 saturated heterocycles. The molecule has 0 aliphatic carbocycles. The molecule has 0 fully saturated rings. The van der Waals surface area contributed by atoms with Crippen molar-refractivity contribution >= 4 is 27.5 Å². The molecule has 0 bridgehead atoms. The summed E-state index contributed by atoms with van der Waals surface area (Å²) in [6, 6.07) is 10.3. The molecule has 2 rings (SSSR count). The van der Waals surface area contributed by atoms with Gasteiger partial charge in [-0.05, 0) is 51.8 Å². The number of carbonyl (C=O) groups is 1. The third-order valence-electron chi connectivity index (χ3n) is 2.93. The number of benzene rings is 2. The number of hydrogen-bond donors (Lipinski definition) is 2. The van der Waals surface area contributed by atoms with Crippen molar-refractivity contribution in [3.05, 3.63) is 58.3 Å². The van der Waals surface area contributed by atoms with Gasteiger partial charge in [0.25, 0.3) is 0 Å². The van der Waals surface area contributed by atoms with E-state index < -0.39 is 11.9 Å². The molecule has 0 radical (unpaired) electrons. The van der Waals surface area contributed by atoms with Crippen LogP contribution >= 0.6 is 15.9 Å². The van der Waals surface area contributed by atoms with Gasteiger partial charge in [-0.2, -0.15) is 0 Å². The second-order valence-corrected chi connectivity index (χ2v) is 5.24. The van der Waals surface area contributed by atoms with Crippen LogP contribution in [0, 0.1) is 5.82 Å². The topological polar surface area (TPSA) is 64.3 Å². The fourth-order valence-corrected chi connectivity index (χ4v) is 2.48. The molecule has 110 valence electrons. The van der Waals surface area contributed by atoms with E-state index in [2.05, 4.69) is 21.2 Å². The molecule has 2 aromatic rings. The highest BCUT2D eigenvalue weighted by Gasteiger charge is 2.19. The first-order valence-electron chi connectivity index (χ1n) is 6.16. The highest BCUT2D eigenvalue weighted by molar-refractivity contribution is 9.10. The van der Waals surface area contributed by atoms with E-state index in [4.69, 9.17) is 10.5 Å². The van der Waals surface area contributed by atoms with Gasteiger partial charge in [0, 0.05) is 5.69 Å². The van der Waals surface area contributed by atoms with Crippen LogP contribution in [-0.4, -0.2) is 13.0 Å². The molecule has 2 aromatic carbocycles.